The van der Waals surface area contributed by atoms with Gasteiger partial charge in [0, 0.05) is 13.1 Å². The fourth-order valence-electron chi connectivity index (χ4n) is 1.82. The van der Waals surface area contributed by atoms with Crippen molar-refractivity contribution in [3.8, 4) is 5.75 Å². The molecule has 0 aliphatic carbocycles. The summed E-state index contributed by atoms with van der Waals surface area (Å²) in [6.07, 6.45) is 3.69. The van der Waals surface area contributed by atoms with E-state index in [2.05, 4.69) is 29.5 Å². The summed E-state index contributed by atoms with van der Waals surface area (Å²) < 4.78 is 7.84. The van der Waals surface area contributed by atoms with E-state index in [0.29, 0.717) is 0 Å². The van der Waals surface area contributed by atoms with E-state index in [1.54, 1.807) is 6.20 Å². The maximum absolute atomic E-state index is 5.98. The molecule has 2 aromatic rings. The van der Waals surface area contributed by atoms with Crippen LogP contribution in [-0.4, -0.2) is 23.4 Å². The number of hydrogen-bond acceptors (Lipinski definition) is 3. The Morgan fingerprint density at radius 2 is 2.11 bits per heavy atom. The third-order valence-corrected chi connectivity index (χ3v) is 2.77. The van der Waals surface area contributed by atoms with Crippen LogP contribution in [0.25, 0.3) is 0 Å². The number of nitrogens with one attached hydrogen (secondary N) is 1. The van der Waals surface area contributed by atoms with Crippen molar-refractivity contribution < 1.29 is 4.74 Å². The zero-order valence-electron chi connectivity index (χ0n) is 10.8. The smallest absolute Gasteiger partial charge is 0.158 e. The van der Waals surface area contributed by atoms with E-state index in [-0.39, 0.29) is 6.10 Å². The molecule has 0 spiro atoms. The van der Waals surface area contributed by atoms with Crippen LogP contribution in [0, 0.1) is 0 Å². The number of hydrogen-bond donors (Lipinski definition) is 1. The van der Waals surface area contributed by atoms with Gasteiger partial charge >= 0.3 is 0 Å². The molecule has 0 amide bonds. The summed E-state index contributed by atoms with van der Waals surface area (Å²) >= 11 is 0. The minimum Gasteiger partial charge on any atom is -0.481 e. The quantitative estimate of drug-likeness (QED) is 0.848. The van der Waals surface area contributed by atoms with Gasteiger partial charge in [0.15, 0.2) is 5.75 Å². The molecule has 0 aliphatic heterocycles. The summed E-state index contributed by atoms with van der Waals surface area (Å²) in [6, 6.07) is 10.2. The van der Waals surface area contributed by atoms with Gasteiger partial charge in [-0.05, 0) is 19.5 Å². The largest absolute Gasteiger partial charge is 0.481 e. The summed E-state index contributed by atoms with van der Waals surface area (Å²) in [7, 11) is 1.93. The van der Waals surface area contributed by atoms with Crippen molar-refractivity contribution in [2.24, 2.45) is 0 Å². The van der Waals surface area contributed by atoms with Crippen LogP contribution in [0.2, 0.25) is 0 Å². The Balaban J connectivity index is 2.11. The van der Waals surface area contributed by atoms with Crippen LogP contribution in [0.5, 0.6) is 5.75 Å². The third kappa shape index (κ3) is 3.11. The van der Waals surface area contributed by atoms with E-state index < -0.39 is 0 Å². The summed E-state index contributed by atoms with van der Waals surface area (Å²) in [5.74, 6) is 0.806. The zero-order valence-corrected chi connectivity index (χ0v) is 10.8. The van der Waals surface area contributed by atoms with E-state index in [1.807, 2.05) is 36.1 Å². The van der Waals surface area contributed by atoms with Gasteiger partial charge in [-0.2, -0.15) is 5.10 Å². The molecule has 0 radical (unpaired) electrons. The molecule has 0 fully saturated rings. The average Bonchev–Trinajstić information content (AvgIpc) is 2.87. The first kappa shape index (κ1) is 12.6. The number of nitrogens with zero attached hydrogens (tertiary/aromatic N) is 2. The molecule has 1 aromatic carbocycles. The second-order valence-electron chi connectivity index (χ2n) is 4.11. The van der Waals surface area contributed by atoms with Crippen molar-refractivity contribution in [3.05, 3.63) is 48.3 Å². The Kier molecular flexibility index (Phi) is 4.36. The Bertz CT molecular complexity index is 467. The van der Waals surface area contributed by atoms with Crippen molar-refractivity contribution in [3.63, 3.8) is 0 Å². The molecule has 4 nitrogen and oxygen atoms in total. The highest BCUT2D eigenvalue weighted by Crippen LogP contribution is 2.20. The maximum Gasteiger partial charge on any atom is 0.158 e. The van der Waals surface area contributed by atoms with Crippen molar-refractivity contribution in [2.75, 3.05) is 13.6 Å². The summed E-state index contributed by atoms with van der Waals surface area (Å²) in [4.78, 5) is 0. The van der Waals surface area contributed by atoms with Gasteiger partial charge in [-0.3, -0.25) is 4.68 Å². The van der Waals surface area contributed by atoms with E-state index in [0.717, 1.165) is 24.4 Å². The SMILES string of the molecule is CCn1cc(OC(CNC)c2ccccc2)cn1. The first-order chi connectivity index (χ1) is 8.83. The van der Waals surface area contributed by atoms with Gasteiger partial charge in [-0.25, -0.2) is 0 Å². The van der Waals surface area contributed by atoms with Crippen molar-refractivity contribution in [1.29, 1.82) is 0 Å². The van der Waals surface area contributed by atoms with E-state index in [4.69, 9.17) is 4.74 Å². The fourth-order valence-corrected chi connectivity index (χ4v) is 1.82. The second-order valence-corrected chi connectivity index (χ2v) is 4.11. The lowest BCUT2D eigenvalue weighted by molar-refractivity contribution is 0.204. The molecule has 0 saturated heterocycles. The number of aryl methyl sites for hydroxylation is 1. The molecule has 0 saturated carbocycles. The highest BCUT2D eigenvalue weighted by Gasteiger charge is 2.13. The van der Waals surface area contributed by atoms with Crippen molar-refractivity contribution >= 4 is 0 Å². The van der Waals surface area contributed by atoms with Crippen LogP contribution < -0.4 is 10.1 Å². The molecule has 0 aliphatic rings. The standard InChI is InChI=1S/C14H19N3O/c1-3-17-11-13(9-16-17)18-14(10-15-2)12-7-5-4-6-8-12/h4-9,11,14-15H,3,10H2,1-2H3. The van der Waals surface area contributed by atoms with Crippen LogP contribution in [0.4, 0.5) is 0 Å². The number of rotatable bonds is 6. The summed E-state index contributed by atoms with van der Waals surface area (Å²) in [5.41, 5.74) is 1.16. The molecule has 18 heavy (non-hydrogen) atoms. The number of benzene rings is 1. The predicted molar refractivity (Wildman–Crippen MR) is 71.6 cm³/mol. The maximum atomic E-state index is 5.98. The Labute approximate surface area is 108 Å². The molecule has 96 valence electrons. The molecule has 1 N–H and O–H groups in total. The molecule has 2 rings (SSSR count). The molecule has 1 aromatic heterocycles. The molecular weight excluding hydrogens is 226 g/mol. The van der Waals surface area contributed by atoms with Gasteiger partial charge in [-0.15, -0.1) is 0 Å². The molecule has 1 atom stereocenters. The Hall–Kier alpha value is -1.81. The van der Waals surface area contributed by atoms with Gasteiger partial charge in [0.2, 0.25) is 0 Å². The van der Waals surface area contributed by atoms with Crippen LogP contribution >= 0.6 is 0 Å². The normalized spacial score (nSPS) is 12.3. The van der Waals surface area contributed by atoms with E-state index >= 15 is 0 Å². The van der Waals surface area contributed by atoms with Crippen LogP contribution in [0.3, 0.4) is 0 Å². The summed E-state index contributed by atoms with van der Waals surface area (Å²) in [5, 5.41) is 7.37. The van der Waals surface area contributed by atoms with Crippen LogP contribution in [-0.2, 0) is 6.54 Å². The van der Waals surface area contributed by atoms with Gasteiger partial charge in [-0.1, -0.05) is 30.3 Å². The molecule has 1 heterocycles. The van der Waals surface area contributed by atoms with Crippen LogP contribution in [0.15, 0.2) is 42.7 Å². The first-order valence-electron chi connectivity index (χ1n) is 6.22. The minimum absolute atomic E-state index is 0.00528. The number of ether oxygens (including phenoxy) is 1. The van der Waals surface area contributed by atoms with Gasteiger partial charge < -0.3 is 10.1 Å². The predicted octanol–water partition coefficient (Wildman–Crippen LogP) is 2.24. The average molecular weight is 245 g/mol. The Morgan fingerprint density at radius 3 is 2.72 bits per heavy atom. The third-order valence-electron chi connectivity index (χ3n) is 2.77. The molecule has 1 unspecified atom stereocenters. The molecule has 0 bridgehead atoms. The number of likely N-dealkylation sites (N-methyl/N-ethyl adjacent to an activating group) is 1. The minimum atomic E-state index is 0.00528. The van der Waals surface area contributed by atoms with Gasteiger partial charge in [0.1, 0.15) is 6.10 Å². The highest BCUT2D eigenvalue weighted by molar-refractivity contribution is 5.21. The lowest BCUT2D eigenvalue weighted by Gasteiger charge is -2.18. The monoisotopic (exact) mass is 245 g/mol. The molecule has 4 heteroatoms. The molecular formula is C14H19N3O. The van der Waals surface area contributed by atoms with Crippen molar-refractivity contribution in [2.45, 2.75) is 19.6 Å². The number of aromatic nitrogens is 2. The van der Waals surface area contributed by atoms with Gasteiger partial charge in [0.25, 0.3) is 0 Å². The van der Waals surface area contributed by atoms with Crippen molar-refractivity contribution in [1.82, 2.24) is 15.1 Å². The lowest BCUT2D eigenvalue weighted by atomic mass is 10.1. The first-order valence-corrected chi connectivity index (χ1v) is 6.22. The zero-order chi connectivity index (χ0) is 12.8. The Morgan fingerprint density at radius 1 is 1.33 bits per heavy atom. The second kappa shape index (κ2) is 6.21. The fraction of sp³-hybridized carbons (Fsp3) is 0.357. The van der Waals surface area contributed by atoms with E-state index in [1.165, 1.54) is 0 Å². The van der Waals surface area contributed by atoms with E-state index in [9.17, 15) is 0 Å². The topological polar surface area (TPSA) is 39.1 Å². The van der Waals surface area contributed by atoms with Gasteiger partial charge in [0.05, 0.1) is 12.4 Å². The van der Waals surface area contributed by atoms with Crippen LogP contribution in [0.1, 0.15) is 18.6 Å². The lowest BCUT2D eigenvalue weighted by Crippen LogP contribution is -2.21. The summed E-state index contributed by atoms with van der Waals surface area (Å²) in [6.45, 7) is 3.67. The highest BCUT2D eigenvalue weighted by atomic mass is 16.5.